The number of nitrogens with one attached hydrogen (secondary N) is 2. The third-order valence-corrected chi connectivity index (χ3v) is 2.36. The highest BCUT2D eigenvalue weighted by Gasteiger charge is 2.42. The van der Waals surface area contributed by atoms with Gasteiger partial charge in [0.1, 0.15) is 0 Å². The Kier molecular flexibility index (Phi) is 7.08. The van der Waals surface area contributed by atoms with E-state index < -0.39 is 36.8 Å². The van der Waals surface area contributed by atoms with Crippen molar-refractivity contribution in [2.24, 2.45) is 0 Å². The topological polar surface area (TPSA) is 67.4 Å². The molecule has 1 amide bonds. The summed E-state index contributed by atoms with van der Waals surface area (Å²) in [7, 11) is 0. The number of hydrogen-bond acceptors (Lipinski definition) is 4. The molecule has 0 aromatic carbocycles. The predicted octanol–water partition coefficient (Wildman–Crippen LogP) is 0.475. The zero-order valence-corrected chi connectivity index (χ0v) is 10.8. The minimum Gasteiger partial charge on any atom is -0.466 e. The summed E-state index contributed by atoms with van der Waals surface area (Å²) < 4.78 is 30.2. The minimum absolute atomic E-state index is 0. The number of alkyl halides is 2. The highest BCUT2D eigenvalue weighted by molar-refractivity contribution is 5.85. The van der Waals surface area contributed by atoms with Crippen molar-refractivity contribution in [3.63, 3.8) is 0 Å². The van der Waals surface area contributed by atoms with Crippen LogP contribution in [-0.4, -0.2) is 43.5 Å². The molecule has 0 spiro atoms. The molecule has 18 heavy (non-hydrogen) atoms. The summed E-state index contributed by atoms with van der Waals surface area (Å²) in [6.45, 7) is 1.58. The van der Waals surface area contributed by atoms with Crippen molar-refractivity contribution in [2.45, 2.75) is 31.7 Å². The van der Waals surface area contributed by atoms with Crippen LogP contribution in [0.5, 0.6) is 0 Å². The second-order valence-corrected chi connectivity index (χ2v) is 3.84. The normalized spacial score (nSPS) is 20.9. The first-order chi connectivity index (χ1) is 7.94. The first-order valence-electron chi connectivity index (χ1n) is 5.49. The summed E-state index contributed by atoms with van der Waals surface area (Å²) in [4.78, 5) is 22.4. The fourth-order valence-electron chi connectivity index (χ4n) is 1.55. The first-order valence-corrected chi connectivity index (χ1v) is 5.49. The molecular formula is C10H17ClF2N2O3. The van der Waals surface area contributed by atoms with Crippen LogP contribution in [0, 0.1) is 0 Å². The molecule has 0 bridgehead atoms. The van der Waals surface area contributed by atoms with Crippen LogP contribution in [0.2, 0.25) is 0 Å². The van der Waals surface area contributed by atoms with Crippen molar-refractivity contribution in [3.05, 3.63) is 0 Å². The zero-order valence-electron chi connectivity index (χ0n) is 10.0. The van der Waals surface area contributed by atoms with Crippen LogP contribution in [-0.2, 0) is 14.3 Å². The Labute approximate surface area is 110 Å². The van der Waals surface area contributed by atoms with Gasteiger partial charge in [-0.05, 0) is 6.92 Å². The van der Waals surface area contributed by atoms with Crippen LogP contribution in [0.4, 0.5) is 8.78 Å². The molecule has 0 aromatic rings. The second kappa shape index (κ2) is 7.48. The number of carbonyl (C=O) groups excluding carboxylic acids is 2. The van der Waals surface area contributed by atoms with E-state index in [2.05, 4.69) is 15.4 Å². The Balaban J connectivity index is 0.00000289. The van der Waals surface area contributed by atoms with Gasteiger partial charge in [0.05, 0.1) is 25.6 Å². The zero-order chi connectivity index (χ0) is 12.9. The average Bonchev–Trinajstić information content (AvgIpc) is 2.59. The van der Waals surface area contributed by atoms with Crippen LogP contribution >= 0.6 is 12.4 Å². The lowest BCUT2D eigenvalue weighted by Crippen LogP contribution is -2.41. The van der Waals surface area contributed by atoms with Crippen LogP contribution < -0.4 is 10.6 Å². The third kappa shape index (κ3) is 5.59. The fourth-order valence-corrected chi connectivity index (χ4v) is 1.55. The summed E-state index contributed by atoms with van der Waals surface area (Å²) in [6, 6.07) is -0.882. The standard InChI is InChI=1S/C10H16F2N2O3.ClH/c1-2-17-8(15)3-4-13-9(16)7-5-10(11,12)6-14-7;/h7,14H,2-6H2,1H3,(H,13,16);1H. The molecule has 106 valence electrons. The Morgan fingerprint density at radius 2 is 2.17 bits per heavy atom. The van der Waals surface area contributed by atoms with E-state index in [1.54, 1.807) is 6.92 Å². The Hall–Kier alpha value is -0.950. The van der Waals surface area contributed by atoms with Crippen LogP contribution in [0.3, 0.4) is 0 Å². The molecule has 2 N–H and O–H groups in total. The first kappa shape index (κ1) is 17.1. The van der Waals surface area contributed by atoms with Crippen molar-refractivity contribution < 1.29 is 23.1 Å². The van der Waals surface area contributed by atoms with Gasteiger partial charge in [-0.3, -0.25) is 14.9 Å². The van der Waals surface area contributed by atoms with E-state index in [9.17, 15) is 18.4 Å². The molecule has 1 unspecified atom stereocenters. The van der Waals surface area contributed by atoms with Gasteiger partial charge in [0.15, 0.2) is 0 Å². The molecular weight excluding hydrogens is 270 g/mol. The lowest BCUT2D eigenvalue weighted by Gasteiger charge is -2.10. The van der Waals surface area contributed by atoms with E-state index in [-0.39, 0.29) is 32.0 Å². The van der Waals surface area contributed by atoms with Gasteiger partial charge in [0, 0.05) is 13.0 Å². The molecule has 1 aliphatic rings. The van der Waals surface area contributed by atoms with Gasteiger partial charge in [-0.15, -0.1) is 12.4 Å². The molecule has 0 saturated carbocycles. The maximum absolute atomic E-state index is 12.8. The smallest absolute Gasteiger partial charge is 0.307 e. The van der Waals surface area contributed by atoms with Crippen molar-refractivity contribution in [3.8, 4) is 0 Å². The Bertz CT molecular complexity index is 303. The predicted molar refractivity (Wildman–Crippen MR) is 62.9 cm³/mol. The highest BCUT2D eigenvalue weighted by atomic mass is 35.5. The number of carbonyl (C=O) groups is 2. The minimum atomic E-state index is -2.83. The van der Waals surface area contributed by atoms with E-state index in [0.717, 1.165) is 0 Å². The van der Waals surface area contributed by atoms with E-state index in [1.807, 2.05) is 0 Å². The van der Waals surface area contributed by atoms with Gasteiger partial charge in [0.2, 0.25) is 5.91 Å². The van der Waals surface area contributed by atoms with Gasteiger partial charge >= 0.3 is 5.97 Å². The molecule has 0 radical (unpaired) electrons. The fraction of sp³-hybridized carbons (Fsp3) is 0.800. The molecule has 1 saturated heterocycles. The molecule has 8 heteroatoms. The lowest BCUT2D eigenvalue weighted by atomic mass is 10.2. The van der Waals surface area contributed by atoms with Crippen molar-refractivity contribution in [2.75, 3.05) is 19.7 Å². The van der Waals surface area contributed by atoms with Crippen molar-refractivity contribution in [1.29, 1.82) is 0 Å². The van der Waals surface area contributed by atoms with Gasteiger partial charge in [-0.2, -0.15) is 0 Å². The SMILES string of the molecule is CCOC(=O)CCNC(=O)C1CC(F)(F)CN1.Cl. The molecule has 1 fully saturated rings. The molecule has 1 aliphatic heterocycles. The number of halogens is 3. The molecule has 1 rings (SSSR count). The van der Waals surface area contributed by atoms with Gasteiger partial charge in [-0.25, -0.2) is 8.78 Å². The molecule has 5 nitrogen and oxygen atoms in total. The van der Waals surface area contributed by atoms with E-state index >= 15 is 0 Å². The van der Waals surface area contributed by atoms with Gasteiger partial charge in [0.25, 0.3) is 5.92 Å². The number of rotatable bonds is 5. The number of amides is 1. The summed E-state index contributed by atoms with van der Waals surface area (Å²) >= 11 is 0. The molecule has 0 aliphatic carbocycles. The van der Waals surface area contributed by atoms with E-state index in [4.69, 9.17) is 0 Å². The monoisotopic (exact) mass is 286 g/mol. The number of hydrogen-bond donors (Lipinski definition) is 2. The summed E-state index contributed by atoms with van der Waals surface area (Å²) in [5, 5.41) is 4.85. The van der Waals surface area contributed by atoms with Crippen LogP contribution in [0.15, 0.2) is 0 Å². The number of esters is 1. The maximum atomic E-state index is 12.8. The molecule has 0 aromatic heterocycles. The van der Waals surface area contributed by atoms with E-state index in [1.165, 1.54) is 0 Å². The number of ether oxygens (including phenoxy) is 1. The Morgan fingerprint density at radius 1 is 1.50 bits per heavy atom. The van der Waals surface area contributed by atoms with Crippen molar-refractivity contribution >= 4 is 24.3 Å². The quantitative estimate of drug-likeness (QED) is 0.721. The molecule has 1 atom stereocenters. The molecule has 1 heterocycles. The van der Waals surface area contributed by atoms with Crippen LogP contribution in [0.25, 0.3) is 0 Å². The van der Waals surface area contributed by atoms with Gasteiger partial charge < -0.3 is 10.1 Å². The third-order valence-electron chi connectivity index (χ3n) is 2.36. The highest BCUT2D eigenvalue weighted by Crippen LogP contribution is 2.24. The Morgan fingerprint density at radius 3 is 2.67 bits per heavy atom. The average molecular weight is 287 g/mol. The summed E-state index contributed by atoms with van der Waals surface area (Å²) in [6.07, 6.45) is -0.457. The second-order valence-electron chi connectivity index (χ2n) is 3.84. The van der Waals surface area contributed by atoms with Crippen molar-refractivity contribution in [1.82, 2.24) is 10.6 Å². The summed E-state index contributed by atoms with van der Waals surface area (Å²) in [5.74, 6) is -3.76. The van der Waals surface area contributed by atoms with Gasteiger partial charge in [-0.1, -0.05) is 0 Å². The largest absolute Gasteiger partial charge is 0.466 e. The summed E-state index contributed by atoms with van der Waals surface area (Å²) in [5.41, 5.74) is 0. The lowest BCUT2D eigenvalue weighted by molar-refractivity contribution is -0.143. The maximum Gasteiger partial charge on any atom is 0.307 e. The van der Waals surface area contributed by atoms with Crippen LogP contribution in [0.1, 0.15) is 19.8 Å². The van der Waals surface area contributed by atoms with E-state index in [0.29, 0.717) is 0 Å².